The Morgan fingerprint density at radius 3 is 3.08 bits per heavy atom. The molecule has 1 aliphatic carbocycles. The van der Waals surface area contributed by atoms with Crippen LogP contribution in [-0.4, -0.2) is 48.7 Å². The Morgan fingerprint density at radius 2 is 2.29 bits per heavy atom. The van der Waals surface area contributed by atoms with Crippen molar-refractivity contribution in [3.63, 3.8) is 0 Å². The lowest BCUT2D eigenvalue weighted by Crippen LogP contribution is -2.37. The molecule has 0 unspecified atom stereocenters. The largest absolute Gasteiger partial charge is 0.380 e. The summed E-state index contributed by atoms with van der Waals surface area (Å²) in [4.78, 5) is 18.7. The number of carbonyl (C=O) groups excluding carboxylic acids is 1. The summed E-state index contributed by atoms with van der Waals surface area (Å²) in [6.07, 6.45) is 8.76. The van der Waals surface area contributed by atoms with Crippen LogP contribution in [0.15, 0.2) is 36.2 Å². The van der Waals surface area contributed by atoms with E-state index in [1.165, 1.54) is 0 Å². The van der Waals surface area contributed by atoms with Crippen LogP contribution >= 0.6 is 0 Å². The number of carbonyl (C=O) groups is 1. The van der Waals surface area contributed by atoms with Crippen molar-refractivity contribution in [2.45, 2.75) is 25.9 Å². The molecule has 0 spiro atoms. The third-order valence-corrected chi connectivity index (χ3v) is 5.53. The summed E-state index contributed by atoms with van der Waals surface area (Å²) in [6, 6.07) is 3.94. The molecular weight excluding hydrogens is 304 g/mol. The number of ether oxygens (including phenoxy) is 2. The Labute approximate surface area is 142 Å². The number of aromatic nitrogens is 1. The normalized spacial score (nSPS) is 28.9. The predicted molar refractivity (Wildman–Crippen MR) is 89.1 cm³/mol. The lowest BCUT2D eigenvalue weighted by molar-refractivity contribution is -0.127. The second-order valence-corrected chi connectivity index (χ2v) is 7.23. The van der Waals surface area contributed by atoms with Crippen molar-refractivity contribution in [3.05, 3.63) is 41.7 Å². The van der Waals surface area contributed by atoms with Gasteiger partial charge in [0.2, 0.25) is 5.91 Å². The second kappa shape index (κ2) is 6.65. The second-order valence-electron chi connectivity index (χ2n) is 7.23. The van der Waals surface area contributed by atoms with E-state index < -0.39 is 0 Å². The average molecular weight is 328 g/mol. The standard InChI is InChI=1S/C19H24N2O3/c22-18(16-3-1-2-4-16)21-9-17-11-24-14-19(17,12-21)13-23-10-15-5-7-20-8-6-15/h3,5-8,17H,1-2,4,9-14H2/t17-,19-/m1/s1. The van der Waals surface area contributed by atoms with Crippen LogP contribution in [0.4, 0.5) is 0 Å². The maximum atomic E-state index is 12.7. The molecule has 2 aliphatic heterocycles. The van der Waals surface area contributed by atoms with Crippen molar-refractivity contribution < 1.29 is 14.3 Å². The summed E-state index contributed by atoms with van der Waals surface area (Å²) in [6.45, 7) is 4.20. The molecule has 5 heteroatoms. The molecule has 3 heterocycles. The predicted octanol–water partition coefficient (Wildman–Crippen LogP) is 2.18. The number of hydrogen-bond acceptors (Lipinski definition) is 4. The van der Waals surface area contributed by atoms with Crippen molar-refractivity contribution in [2.24, 2.45) is 11.3 Å². The highest BCUT2D eigenvalue weighted by Gasteiger charge is 2.52. The van der Waals surface area contributed by atoms with Crippen molar-refractivity contribution in [1.82, 2.24) is 9.88 Å². The molecule has 1 amide bonds. The molecule has 4 rings (SSSR count). The molecule has 0 saturated carbocycles. The van der Waals surface area contributed by atoms with E-state index in [1.807, 2.05) is 17.0 Å². The first kappa shape index (κ1) is 15.8. The smallest absolute Gasteiger partial charge is 0.249 e. The number of amides is 1. The Bertz CT molecular complexity index is 631. The first-order valence-corrected chi connectivity index (χ1v) is 8.80. The first-order chi connectivity index (χ1) is 11.8. The summed E-state index contributed by atoms with van der Waals surface area (Å²) >= 11 is 0. The zero-order valence-corrected chi connectivity index (χ0v) is 13.9. The van der Waals surface area contributed by atoms with Crippen LogP contribution in [0.5, 0.6) is 0 Å². The monoisotopic (exact) mass is 328 g/mol. The number of hydrogen-bond donors (Lipinski definition) is 0. The molecule has 3 aliphatic rings. The van der Waals surface area contributed by atoms with Gasteiger partial charge in [0.25, 0.3) is 0 Å². The fourth-order valence-corrected chi connectivity index (χ4v) is 4.11. The first-order valence-electron chi connectivity index (χ1n) is 8.80. The van der Waals surface area contributed by atoms with Crippen LogP contribution in [0.3, 0.4) is 0 Å². The molecule has 5 nitrogen and oxygen atoms in total. The molecular formula is C19H24N2O3. The number of pyridine rings is 1. The zero-order chi connectivity index (χ0) is 16.4. The van der Waals surface area contributed by atoms with Gasteiger partial charge in [-0.25, -0.2) is 0 Å². The van der Waals surface area contributed by atoms with E-state index in [2.05, 4.69) is 11.1 Å². The minimum absolute atomic E-state index is 0.0398. The molecule has 128 valence electrons. The lowest BCUT2D eigenvalue weighted by Gasteiger charge is -2.27. The van der Waals surface area contributed by atoms with Gasteiger partial charge in [0.05, 0.1) is 26.4 Å². The quantitative estimate of drug-likeness (QED) is 0.831. The molecule has 1 aromatic rings. The van der Waals surface area contributed by atoms with E-state index in [9.17, 15) is 4.79 Å². The van der Waals surface area contributed by atoms with Crippen LogP contribution in [0.25, 0.3) is 0 Å². The highest BCUT2D eigenvalue weighted by molar-refractivity contribution is 5.94. The number of rotatable bonds is 5. The van der Waals surface area contributed by atoms with Gasteiger partial charge in [-0.1, -0.05) is 6.08 Å². The number of likely N-dealkylation sites (tertiary alicyclic amines) is 1. The third kappa shape index (κ3) is 2.98. The summed E-state index contributed by atoms with van der Waals surface area (Å²) in [5, 5.41) is 0. The van der Waals surface area contributed by atoms with Gasteiger partial charge in [-0.3, -0.25) is 9.78 Å². The van der Waals surface area contributed by atoms with Crippen molar-refractivity contribution in [3.8, 4) is 0 Å². The lowest BCUT2D eigenvalue weighted by atomic mass is 9.82. The Kier molecular flexibility index (Phi) is 4.37. The van der Waals surface area contributed by atoms with Crippen molar-refractivity contribution in [2.75, 3.05) is 32.9 Å². The molecule has 0 radical (unpaired) electrons. The SMILES string of the molecule is O=C(C1=CCCC1)N1C[C@@H]2COC[C@]2(COCc2ccncc2)C1. The maximum absolute atomic E-state index is 12.7. The van der Waals surface area contributed by atoms with E-state index in [0.717, 1.165) is 50.1 Å². The summed E-state index contributed by atoms with van der Waals surface area (Å²) in [5.74, 6) is 0.622. The van der Waals surface area contributed by atoms with E-state index in [0.29, 0.717) is 25.7 Å². The van der Waals surface area contributed by atoms with E-state index in [-0.39, 0.29) is 11.3 Å². The summed E-state index contributed by atoms with van der Waals surface area (Å²) in [7, 11) is 0. The number of nitrogens with zero attached hydrogens (tertiary/aromatic N) is 2. The van der Waals surface area contributed by atoms with Crippen LogP contribution in [0.1, 0.15) is 24.8 Å². The van der Waals surface area contributed by atoms with Gasteiger partial charge in [0.1, 0.15) is 0 Å². The van der Waals surface area contributed by atoms with E-state index in [1.54, 1.807) is 12.4 Å². The molecule has 1 aromatic heterocycles. The minimum atomic E-state index is -0.0398. The van der Waals surface area contributed by atoms with Gasteiger partial charge in [-0.15, -0.1) is 0 Å². The Balaban J connectivity index is 1.38. The van der Waals surface area contributed by atoms with Crippen LogP contribution in [0, 0.1) is 11.3 Å². The molecule has 0 N–H and O–H groups in total. The molecule has 2 saturated heterocycles. The van der Waals surface area contributed by atoms with Gasteiger partial charge in [-0.2, -0.15) is 0 Å². The molecule has 24 heavy (non-hydrogen) atoms. The third-order valence-electron chi connectivity index (χ3n) is 5.53. The van der Waals surface area contributed by atoms with Crippen molar-refractivity contribution in [1.29, 1.82) is 0 Å². The van der Waals surface area contributed by atoms with Gasteiger partial charge in [0.15, 0.2) is 0 Å². The van der Waals surface area contributed by atoms with Crippen LogP contribution in [0.2, 0.25) is 0 Å². The van der Waals surface area contributed by atoms with Crippen molar-refractivity contribution >= 4 is 5.91 Å². The molecule has 0 aromatic carbocycles. The minimum Gasteiger partial charge on any atom is -0.380 e. The van der Waals surface area contributed by atoms with Gasteiger partial charge in [-0.05, 0) is 37.0 Å². The highest BCUT2D eigenvalue weighted by Crippen LogP contribution is 2.42. The van der Waals surface area contributed by atoms with Gasteiger partial charge in [0, 0.05) is 42.4 Å². The Morgan fingerprint density at radius 1 is 1.42 bits per heavy atom. The van der Waals surface area contributed by atoms with E-state index >= 15 is 0 Å². The van der Waals surface area contributed by atoms with E-state index in [4.69, 9.17) is 9.47 Å². The summed E-state index contributed by atoms with van der Waals surface area (Å²) < 4.78 is 11.7. The van der Waals surface area contributed by atoms with Gasteiger partial charge < -0.3 is 14.4 Å². The molecule has 2 fully saturated rings. The fraction of sp³-hybridized carbons (Fsp3) is 0.579. The topological polar surface area (TPSA) is 51.7 Å². The Hall–Kier alpha value is -1.72. The maximum Gasteiger partial charge on any atom is 0.249 e. The average Bonchev–Trinajstić information content (AvgIpc) is 3.31. The summed E-state index contributed by atoms with van der Waals surface area (Å²) in [5.41, 5.74) is 2.09. The zero-order valence-electron chi connectivity index (χ0n) is 13.9. The van der Waals surface area contributed by atoms with Crippen LogP contribution in [-0.2, 0) is 20.9 Å². The van der Waals surface area contributed by atoms with Crippen LogP contribution < -0.4 is 0 Å². The molecule has 0 bridgehead atoms. The van der Waals surface area contributed by atoms with Gasteiger partial charge >= 0.3 is 0 Å². The fourth-order valence-electron chi connectivity index (χ4n) is 4.11. The highest BCUT2D eigenvalue weighted by atomic mass is 16.5. The number of allylic oxidation sites excluding steroid dienone is 1. The number of fused-ring (bicyclic) bond motifs is 1. The molecule has 2 atom stereocenters.